The van der Waals surface area contributed by atoms with Crippen LogP contribution < -0.4 is 0 Å². The number of ether oxygens (including phenoxy) is 1. The van der Waals surface area contributed by atoms with E-state index < -0.39 is 17.6 Å². The van der Waals surface area contributed by atoms with E-state index in [-0.39, 0.29) is 12.1 Å². The molecule has 0 saturated carbocycles. The van der Waals surface area contributed by atoms with Gasteiger partial charge in [0, 0.05) is 36.6 Å². The molecule has 0 radical (unpaired) electrons. The van der Waals surface area contributed by atoms with Crippen molar-refractivity contribution >= 4 is 0 Å². The average molecular weight is 379 g/mol. The lowest BCUT2D eigenvalue weighted by Crippen LogP contribution is -2.60. The van der Waals surface area contributed by atoms with Crippen LogP contribution in [-0.2, 0) is 23.1 Å². The van der Waals surface area contributed by atoms with Crippen molar-refractivity contribution in [2.45, 2.75) is 43.2 Å². The molecule has 27 heavy (non-hydrogen) atoms. The summed E-state index contributed by atoms with van der Waals surface area (Å²) in [5, 5.41) is 11.2. The smallest absolute Gasteiger partial charge is 0.385 e. The number of nitrogens with zero attached hydrogens (tertiary/aromatic N) is 3. The van der Waals surface area contributed by atoms with Crippen molar-refractivity contribution in [3.8, 4) is 0 Å². The van der Waals surface area contributed by atoms with Gasteiger partial charge in [0.15, 0.2) is 0 Å². The van der Waals surface area contributed by atoms with Gasteiger partial charge in [-0.1, -0.05) is 30.3 Å². The Morgan fingerprint density at radius 3 is 2.22 bits per heavy atom. The fourth-order valence-electron chi connectivity index (χ4n) is 4.05. The Labute approximate surface area is 154 Å². The van der Waals surface area contributed by atoms with Crippen molar-refractivity contribution in [1.29, 1.82) is 0 Å². The summed E-state index contributed by atoms with van der Waals surface area (Å²) in [7, 11) is 0. The first-order valence-electron chi connectivity index (χ1n) is 8.85. The lowest BCUT2D eigenvalue weighted by atomic mass is 9.77. The summed E-state index contributed by atoms with van der Waals surface area (Å²) in [6.07, 6.45) is -1.67. The summed E-state index contributed by atoms with van der Waals surface area (Å²) < 4.78 is 43.7. The van der Waals surface area contributed by atoms with Gasteiger partial charge in [0.05, 0.1) is 18.8 Å². The lowest BCUT2D eigenvalue weighted by Gasteiger charge is -2.51. The van der Waals surface area contributed by atoms with Crippen LogP contribution in [0.2, 0.25) is 0 Å². The molecule has 8 heteroatoms. The first-order valence-corrected chi connectivity index (χ1v) is 8.85. The van der Waals surface area contributed by atoms with Gasteiger partial charge in [-0.2, -0.15) is 13.2 Å². The van der Waals surface area contributed by atoms with Crippen molar-refractivity contribution in [2.24, 2.45) is 0 Å². The van der Waals surface area contributed by atoms with Crippen LogP contribution in [0.3, 0.4) is 0 Å². The Morgan fingerprint density at radius 1 is 1.07 bits per heavy atom. The van der Waals surface area contributed by atoms with Crippen LogP contribution in [0.25, 0.3) is 0 Å². The highest BCUT2D eigenvalue weighted by Gasteiger charge is 2.47. The molecule has 3 heterocycles. The molecule has 2 unspecified atom stereocenters. The third-order valence-electron chi connectivity index (χ3n) is 5.36. The molecule has 1 aromatic heterocycles. The van der Waals surface area contributed by atoms with E-state index >= 15 is 0 Å². The maximum atomic E-state index is 12.7. The molecule has 1 N–H and O–H groups in total. The van der Waals surface area contributed by atoms with Gasteiger partial charge in [-0.15, -0.1) is 0 Å². The molecule has 2 aliphatic rings. The molecule has 2 fully saturated rings. The molecule has 2 atom stereocenters. The molecule has 0 amide bonds. The van der Waals surface area contributed by atoms with E-state index in [1.54, 1.807) is 0 Å². The summed E-state index contributed by atoms with van der Waals surface area (Å²) in [6, 6.07) is 10.0. The van der Waals surface area contributed by atoms with Crippen LogP contribution in [0.5, 0.6) is 0 Å². The standard InChI is InChI=1S/C19H20F3N3O2/c20-19(21,22)17-23-8-14(9-24-17)18(26)6-15-11-27-12-16(7-18)25(15)10-13-4-2-1-3-5-13/h1-5,8-9,15-16,26H,6-7,10-12H2. The van der Waals surface area contributed by atoms with Crippen LogP contribution in [0, 0.1) is 0 Å². The normalized spacial score (nSPS) is 28.9. The van der Waals surface area contributed by atoms with Gasteiger partial charge in [0.25, 0.3) is 0 Å². The Balaban J connectivity index is 1.55. The van der Waals surface area contributed by atoms with Gasteiger partial charge in [-0.25, -0.2) is 9.97 Å². The average Bonchev–Trinajstić information content (AvgIpc) is 2.63. The van der Waals surface area contributed by atoms with Crippen molar-refractivity contribution in [1.82, 2.24) is 14.9 Å². The molecule has 144 valence electrons. The van der Waals surface area contributed by atoms with Crippen LogP contribution >= 0.6 is 0 Å². The summed E-state index contributed by atoms with van der Waals surface area (Å²) in [5.74, 6) is -1.19. The Kier molecular flexibility index (Phi) is 4.65. The fraction of sp³-hybridized carbons (Fsp3) is 0.474. The molecule has 2 saturated heterocycles. The number of benzene rings is 1. The maximum Gasteiger partial charge on any atom is 0.451 e. The Morgan fingerprint density at radius 2 is 1.67 bits per heavy atom. The SMILES string of the molecule is OC1(c2cnc(C(F)(F)F)nc2)CC2COCC(C1)N2Cc1ccccc1. The molecular weight excluding hydrogens is 359 g/mol. The number of aliphatic hydroxyl groups is 1. The van der Waals surface area contributed by atoms with Crippen molar-refractivity contribution in [3.63, 3.8) is 0 Å². The zero-order valence-electron chi connectivity index (χ0n) is 14.6. The van der Waals surface area contributed by atoms with Crippen LogP contribution in [0.4, 0.5) is 13.2 Å². The minimum Gasteiger partial charge on any atom is -0.385 e. The molecule has 2 bridgehead atoms. The predicted molar refractivity (Wildman–Crippen MR) is 90.5 cm³/mol. The number of rotatable bonds is 3. The Bertz CT molecular complexity index is 769. The van der Waals surface area contributed by atoms with Gasteiger partial charge >= 0.3 is 6.18 Å². The number of fused-ring (bicyclic) bond motifs is 2. The molecule has 4 rings (SSSR count). The molecule has 0 spiro atoms. The molecule has 5 nitrogen and oxygen atoms in total. The maximum absolute atomic E-state index is 12.7. The molecule has 2 aromatic rings. The first-order chi connectivity index (χ1) is 12.9. The molecular formula is C19H20F3N3O2. The molecule has 1 aromatic carbocycles. The highest BCUT2D eigenvalue weighted by Crippen LogP contribution is 2.41. The van der Waals surface area contributed by atoms with Crippen molar-refractivity contribution in [3.05, 3.63) is 59.7 Å². The topological polar surface area (TPSA) is 58.5 Å². The van der Waals surface area contributed by atoms with Gasteiger partial charge in [-0.3, -0.25) is 4.90 Å². The summed E-state index contributed by atoms with van der Waals surface area (Å²) in [5.41, 5.74) is 0.251. The third-order valence-corrected chi connectivity index (χ3v) is 5.36. The van der Waals surface area contributed by atoms with Crippen molar-refractivity contribution in [2.75, 3.05) is 13.2 Å². The summed E-state index contributed by atoms with van der Waals surface area (Å²) in [4.78, 5) is 9.14. The van der Waals surface area contributed by atoms with Gasteiger partial charge in [-0.05, 0) is 18.4 Å². The lowest BCUT2D eigenvalue weighted by molar-refractivity contribution is -0.151. The third kappa shape index (κ3) is 3.69. The highest BCUT2D eigenvalue weighted by atomic mass is 19.4. The molecule has 2 aliphatic heterocycles. The number of hydrogen-bond donors (Lipinski definition) is 1. The van der Waals surface area contributed by atoms with E-state index in [1.807, 2.05) is 18.2 Å². The second-order valence-electron chi connectivity index (χ2n) is 7.24. The van der Waals surface area contributed by atoms with Crippen molar-refractivity contribution < 1.29 is 23.0 Å². The summed E-state index contributed by atoms with van der Waals surface area (Å²) >= 11 is 0. The number of aromatic nitrogens is 2. The quantitative estimate of drug-likeness (QED) is 0.889. The summed E-state index contributed by atoms with van der Waals surface area (Å²) in [6.45, 7) is 1.71. The van der Waals surface area contributed by atoms with E-state index in [2.05, 4.69) is 27.0 Å². The highest BCUT2D eigenvalue weighted by molar-refractivity contribution is 5.21. The van der Waals surface area contributed by atoms with Gasteiger partial charge < -0.3 is 9.84 Å². The number of morpholine rings is 1. The van der Waals surface area contributed by atoms with Crippen LogP contribution in [0.1, 0.15) is 29.8 Å². The van der Waals surface area contributed by atoms with E-state index in [0.29, 0.717) is 31.6 Å². The number of piperidine rings is 1. The predicted octanol–water partition coefficient (Wildman–Crippen LogP) is 2.75. The minimum atomic E-state index is -4.59. The van der Waals surface area contributed by atoms with Crippen LogP contribution in [0.15, 0.2) is 42.7 Å². The zero-order chi connectivity index (χ0) is 19.1. The van der Waals surface area contributed by atoms with Gasteiger partial charge in [0.1, 0.15) is 0 Å². The fourth-order valence-corrected chi connectivity index (χ4v) is 4.05. The second-order valence-corrected chi connectivity index (χ2v) is 7.24. The number of alkyl halides is 3. The number of hydrogen-bond acceptors (Lipinski definition) is 5. The van der Waals surface area contributed by atoms with E-state index in [0.717, 1.165) is 18.9 Å². The minimum absolute atomic E-state index is 0.0231. The van der Waals surface area contributed by atoms with Gasteiger partial charge in [0.2, 0.25) is 5.82 Å². The monoisotopic (exact) mass is 379 g/mol. The Hall–Kier alpha value is -2.03. The zero-order valence-corrected chi connectivity index (χ0v) is 14.6. The number of halogens is 3. The van der Waals surface area contributed by atoms with Crippen LogP contribution in [-0.4, -0.2) is 45.3 Å². The van der Waals surface area contributed by atoms with E-state index in [4.69, 9.17) is 4.74 Å². The van der Waals surface area contributed by atoms with E-state index in [9.17, 15) is 18.3 Å². The molecule has 0 aliphatic carbocycles. The van der Waals surface area contributed by atoms with E-state index in [1.165, 1.54) is 5.56 Å². The first kappa shape index (κ1) is 18.3. The second kappa shape index (κ2) is 6.85. The largest absolute Gasteiger partial charge is 0.451 e.